The monoisotopic (exact) mass is 358 g/mol. The first-order chi connectivity index (χ1) is 12.2. The van der Waals surface area contributed by atoms with Crippen molar-refractivity contribution in [3.63, 3.8) is 0 Å². The largest absolute Gasteiger partial charge is 0.394 e. The lowest BCUT2D eigenvalue weighted by Crippen LogP contribution is -2.42. The van der Waals surface area contributed by atoms with Crippen molar-refractivity contribution in [1.82, 2.24) is 0 Å². The van der Waals surface area contributed by atoms with Crippen LogP contribution in [0, 0.1) is 0 Å². The average molecular weight is 359 g/mol. The summed E-state index contributed by atoms with van der Waals surface area (Å²) in [6, 6.07) is 0. The molecule has 1 aliphatic rings. The molecule has 0 amide bonds. The van der Waals surface area contributed by atoms with Crippen LogP contribution in [0.4, 0.5) is 0 Å². The topological polar surface area (TPSA) is 79.2 Å². The minimum absolute atomic E-state index is 0.133. The normalized spacial score (nSPS) is 25.0. The Balaban J connectivity index is 1.99. The van der Waals surface area contributed by atoms with Crippen LogP contribution in [0.15, 0.2) is 12.2 Å². The Labute approximate surface area is 153 Å². The molecule has 4 atom stereocenters. The van der Waals surface area contributed by atoms with Crippen LogP contribution in [0.25, 0.3) is 0 Å². The van der Waals surface area contributed by atoms with Gasteiger partial charge in [-0.15, -0.1) is 0 Å². The lowest BCUT2D eigenvalue weighted by molar-refractivity contribution is -0.0879. The smallest absolute Gasteiger partial charge is 0.115 e. The quantitative estimate of drug-likeness (QED) is 0.310. The Morgan fingerprint density at radius 3 is 2.32 bits per heavy atom. The highest BCUT2D eigenvalue weighted by Crippen LogP contribution is 2.21. The van der Waals surface area contributed by atoms with Gasteiger partial charge in [-0.1, -0.05) is 70.4 Å². The lowest BCUT2D eigenvalue weighted by Gasteiger charge is -2.23. The molecule has 1 heterocycles. The second-order valence-corrected chi connectivity index (χ2v) is 7.00. The fourth-order valence-electron chi connectivity index (χ4n) is 3.18. The maximum Gasteiger partial charge on any atom is 0.115 e. The predicted molar refractivity (Wildman–Crippen MR) is 99.6 cm³/mol. The van der Waals surface area contributed by atoms with Crippen LogP contribution in [0.3, 0.4) is 0 Å². The fourth-order valence-corrected chi connectivity index (χ4v) is 3.18. The van der Waals surface area contributed by atoms with E-state index in [1.165, 1.54) is 57.8 Å². The van der Waals surface area contributed by atoms with Crippen molar-refractivity contribution < 1.29 is 24.8 Å². The van der Waals surface area contributed by atoms with E-state index in [-0.39, 0.29) is 6.61 Å². The Morgan fingerprint density at radius 2 is 1.68 bits per heavy atom. The summed E-state index contributed by atoms with van der Waals surface area (Å²) >= 11 is 0. The molecule has 1 fully saturated rings. The highest BCUT2D eigenvalue weighted by molar-refractivity contribution is 4.91. The van der Waals surface area contributed by atoms with Gasteiger partial charge in [-0.05, 0) is 12.8 Å². The third-order valence-corrected chi connectivity index (χ3v) is 4.75. The van der Waals surface area contributed by atoms with Crippen LogP contribution >= 0.6 is 0 Å². The standard InChI is InChI=1S/C20H38O5/c1-2-3-4-5-6-7-8-9-10-11-12-13-14-24-20-18(23)16-25-19(20)17(22)15-21/h12-13,17-23H,2-11,14-16H2,1H3/b13-12+/t17-,18+,19-,20-/m1/s1. The highest BCUT2D eigenvalue weighted by atomic mass is 16.6. The minimum Gasteiger partial charge on any atom is -0.394 e. The van der Waals surface area contributed by atoms with E-state index in [0.717, 1.165) is 6.42 Å². The Morgan fingerprint density at radius 1 is 1.04 bits per heavy atom. The van der Waals surface area contributed by atoms with E-state index in [0.29, 0.717) is 6.61 Å². The van der Waals surface area contributed by atoms with Gasteiger partial charge in [0.15, 0.2) is 0 Å². The van der Waals surface area contributed by atoms with Gasteiger partial charge in [-0.2, -0.15) is 0 Å². The first kappa shape index (κ1) is 22.6. The van der Waals surface area contributed by atoms with E-state index in [2.05, 4.69) is 13.0 Å². The second-order valence-electron chi connectivity index (χ2n) is 7.00. The zero-order valence-electron chi connectivity index (χ0n) is 15.8. The molecule has 3 N–H and O–H groups in total. The molecule has 0 aromatic heterocycles. The Hall–Kier alpha value is -0.460. The summed E-state index contributed by atoms with van der Waals surface area (Å²) in [6.07, 6.45) is 14.1. The summed E-state index contributed by atoms with van der Waals surface area (Å²) in [5, 5.41) is 28.5. The van der Waals surface area contributed by atoms with E-state index in [1.54, 1.807) is 0 Å². The molecule has 1 aliphatic heterocycles. The van der Waals surface area contributed by atoms with E-state index in [4.69, 9.17) is 14.6 Å². The third kappa shape index (κ3) is 9.71. The molecule has 0 saturated carbocycles. The van der Waals surface area contributed by atoms with Gasteiger partial charge in [0.05, 0.1) is 19.8 Å². The number of rotatable bonds is 15. The fraction of sp³-hybridized carbons (Fsp3) is 0.900. The van der Waals surface area contributed by atoms with Gasteiger partial charge in [0, 0.05) is 0 Å². The number of ether oxygens (including phenoxy) is 2. The summed E-state index contributed by atoms with van der Waals surface area (Å²) in [5.74, 6) is 0. The third-order valence-electron chi connectivity index (χ3n) is 4.75. The van der Waals surface area contributed by atoms with Crippen molar-refractivity contribution in [3.8, 4) is 0 Å². The van der Waals surface area contributed by atoms with Crippen molar-refractivity contribution >= 4 is 0 Å². The van der Waals surface area contributed by atoms with Gasteiger partial charge in [-0.3, -0.25) is 0 Å². The molecule has 0 spiro atoms. The van der Waals surface area contributed by atoms with Gasteiger partial charge in [0.25, 0.3) is 0 Å². The average Bonchev–Trinajstić information content (AvgIpc) is 2.99. The van der Waals surface area contributed by atoms with Crippen LogP contribution in [0.5, 0.6) is 0 Å². The summed E-state index contributed by atoms with van der Waals surface area (Å²) in [4.78, 5) is 0. The van der Waals surface area contributed by atoms with Crippen molar-refractivity contribution in [2.75, 3.05) is 19.8 Å². The van der Waals surface area contributed by atoms with Gasteiger partial charge in [0.1, 0.15) is 24.4 Å². The zero-order valence-corrected chi connectivity index (χ0v) is 15.8. The van der Waals surface area contributed by atoms with E-state index >= 15 is 0 Å². The second kappa shape index (κ2) is 14.7. The number of hydrogen-bond acceptors (Lipinski definition) is 5. The van der Waals surface area contributed by atoms with Gasteiger partial charge >= 0.3 is 0 Å². The van der Waals surface area contributed by atoms with Crippen LogP contribution in [0.2, 0.25) is 0 Å². The number of aliphatic hydroxyl groups is 3. The van der Waals surface area contributed by atoms with E-state index in [1.807, 2.05) is 6.08 Å². The summed E-state index contributed by atoms with van der Waals surface area (Å²) in [5.41, 5.74) is 0. The zero-order chi connectivity index (χ0) is 18.3. The molecule has 1 rings (SSSR count). The molecule has 148 valence electrons. The van der Waals surface area contributed by atoms with E-state index < -0.39 is 31.0 Å². The van der Waals surface area contributed by atoms with Gasteiger partial charge in [0.2, 0.25) is 0 Å². The SMILES string of the molecule is CCCCCCCCCCC/C=C/CO[C@H]1[C@@H]([C@H](O)CO)OC[C@@H]1O. The van der Waals surface area contributed by atoms with Crippen LogP contribution < -0.4 is 0 Å². The summed E-state index contributed by atoms with van der Waals surface area (Å²) < 4.78 is 10.9. The molecule has 0 aliphatic carbocycles. The van der Waals surface area contributed by atoms with Crippen LogP contribution in [-0.2, 0) is 9.47 Å². The highest BCUT2D eigenvalue weighted by Gasteiger charge is 2.40. The Kier molecular flexibility index (Phi) is 13.3. The molecular weight excluding hydrogens is 320 g/mol. The number of unbranched alkanes of at least 4 members (excludes halogenated alkanes) is 9. The molecule has 0 bridgehead atoms. The molecule has 1 saturated heterocycles. The van der Waals surface area contributed by atoms with Gasteiger partial charge in [-0.25, -0.2) is 0 Å². The molecular formula is C20H38O5. The van der Waals surface area contributed by atoms with Crippen molar-refractivity contribution in [2.45, 2.75) is 95.5 Å². The van der Waals surface area contributed by atoms with E-state index in [9.17, 15) is 10.2 Å². The molecule has 25 heavy (non-hydrogen) atoms. The summed E-state index contributed by atoms with van der Waals surface area (Å²) in [6.45, 7) is 2.37. The molecule has 0 aromatic rings. The predicted octanol–water partition coefficient (Wildman–Crippen LogP) is 2.96. The minimum atomic E-state index is -1.02. The van der Waals surface area contributed by atoms with Gasteiger partial charge < -0.3 is 24.8 Å². The number of allylic oxidation sites excluding steroid dienone is 1. The number of aliphatic hydroxyl groups excluding tert-OH is 3. The molecule has 0 aromatic carbocycles. The summed E-state index contributed by atoms with van der Waals surface area (Å²) in [7, 11) is 0. The lowest BCUT2D eigenvalue weighted by atomic mass is 10.1. The van der Waals surface area contributed by atoms with Crippen LogP contribution in [0.1, 0.15) is 71.1 Å². The first-order valence-corrected chi connectivity index (χ1v) is 10.1. The maximum absolute atomic E-state index is 9.83. The van der Waals surface area contributed by atoms with Crippen molar-refractivity contribution in [1.29, 1.82) is 0 Å². The Bertz CT molecular complexity index is 334. The molecule has 0 unspecified atom stereocenters. The molecule has 5 heteroatoms. The number of hydrogen-bond donors (Lipinski definition) is 3. The van der Waals surface area contributed by atoms with Crippen LogP contribution in [-0.4, -0.2) is 59.6 Å². The molecule has 5 nitrogen and oxygen atoms in total. The first-order valence-electron chi connectivity index (χ1n) is 10.1. The van der Waals surface area contributed by atoms with Crippen molar-refractivity contribution in [2.24, 2.45) is 0 Å². The molecule has 0 radical (unpaired) electrons. The van der Waals surface area contributed by atoms with Crippen molar-refractivity contribution in [3.05, 3.63) is 12.2 Å². The maximum atomic E-state index is 9.83.